The van der Waals surface area contributed by atoms with Crippen molar-refractivity contribution in [2.75, 3.05) is 26.8 Å². The first-order chi connectivity index (χ1) is 10.0. The summed E-state index contributed by atoms with van der Waals surface area (Å²) < 4.78 is 11.8. The first-order valence-corrected chi connectivity index (χ1v) is 7.05. The molecule has 1 aromatic rings. The molecule has 7 heteroatoms. The van der Waals surface area contributed by atoms with Gasteiger partial charge in [0.25, 0.3) is 5.91 Å². The van der Waals surface area contributed by atoms with Gasteiger partial charge in [0, 0.05) is 26.3 Å². The predicted molar refractivity (Wildman–Crippen MR) is 74.9 cm³/mol. The predicted octanol–water partition coefficient (Wildman–Crippen LogP) is 0.387. The molecule has 1 aliphatic heterocycles. The van der Waals surface area contributed by atoms with Crippen molar-refractivity contribution in [3.8, 4) is 0 Å². The molecule has 0 aromatic carbocycles. The molecule has 2 heterocycles. The first kappa shape index (κ1) is 15.5. The Bertz CT molecular complexity index is 526. The van der Waals surface area contributed by atoms with E-state index in [0.717, 1.165) is 5.69 Å². The van der Waals surface area contributed by atoms with Gasteiger partial charge in [-0.1, -0.05) is 6.92 Å². The number of morpholine rings is 1. The maximum Gasteiger partial charge on any atom is 0.308 e. The Kier molecular flexibility index (Phi) is 4.95. The van der Waals surface area contributed by atoms with Crippen molar-refractivity contribution in [1.82, 2.24) is 14.7 Å². The van der Waals surface area contributed by atoms with Gasteiger partial charge in [-0.15, -0.1) is 0 Å². The SMILES string of the molecule is CCc1nn(C)cc1C(=O)N1CCOC(CC(=O)OC)C1. The second-order valence-corrected chi connectivity index (χ2v) is 5.04. The van der Waals surface area contributed by atoms with Crippen LogP contribution in [0.5, 0.6) is 0 Å². The van der Waals surface area contributed by atoms with Gasteiger partial charge >= 0.3 is 5.97 Å². The van der Waals surface area contributed by atoms with E-state index in [1.54, 1.807) is 22.8 Å². The molecule has 1 atom stereocenters. The summed E-state index contributed by atoms with van der Waals surface area (Å²) in [6, 6.07) is 0. The number of hydrogen-bond acceptors (Lipinski definition) is 5. The van der Waals surface area contributed by atoms with Crippen LogP contribution in [0.2, 0.25) is 0 Å². The number of hydrogen-bond donors (Lipinski definition) is 0. The molecule has 0 N–H and O–H groups in total. The third kappa shape index (κ3) is 3.60. The Labute approximate surface area is 123 Å². The Hall–Kier alpha value is -1.89. The van der Waals surface area contributed by atoms with Crippen LogP contribution in [-0.2, 0) is 27.7 Å². The third-order valence-electron chi connectivity index (χ3n) is 3.52. The Morgan fingerprint density at radius 3 is 2.95 bits per heavy atom. The van der Waals surface area contributed by atoms with Gasteiger partial charge in [0.15, 0.2) is 0 Å². The van der Waals surface area contributed by atoms with Crippen molar-refractivity contribution in [2.45, 2.75) is 25.9 Å². The molecule has 2 rings (SSSR count). The summed E-state index contributed by atoms with van der Waals surface area (Å²) in [5.41, 5.74) is 1.41. The highest BCUT2D eigenvalue weighted by atomic mass is 16.5. The molecule has 0 bridgehead atoms. The number of rotatable bonds is 4. The van der Waals surface area contributed by atoms with Gasteiger partial charge in [-0.25, -0.2) is 0 Å². The molecule has 0 aliphatic carbocycles. The smallest absolute Gasteiger partial charge is 0.308 e. The van der Waals surface area contributed by atoms with Gasteiger partial charge in [0.2, 0.25) is 0 Å². The molecule has 7 nitrogen and oxygen atoms in total. The molecule has 1 aromatic heterocycles. The van der Waals surface area contributed by atoms with Crippen molar-refractivity contribution >= 4 is 11.9 Å². The van der Waals surface area contributed by atoms with Gasteiger partial charge in [0.05, 0.1) is 37.5 Å². The van der Waals surface area contributed by atoms with Crippen molar-refractivity contribution in [2.24, 2.45) is 7.05 Å². The summed E-state index contributed by atoms with van der Waals surface area (Å²) >= 11 is 0. The minimum Gasteiger partial charge on any atom is -0.469 e. The van der Waals surface area contributed by atoms with Crippen molar-refractivity contribution in [3.63, 3.8) is 0 Å². The molecule has 116 valence electrons. The number of esters is 1. The number of amides is 1. The second-order valence-electron chi connectivity index (χ2n) is 5.04. The average Bonchev–Trinajstić information content (AvgIpc) is 2.87. The normalized spacial score (nSPS) is 18.6. The Morgan fingerprint density at radius 2 is 2.29 bits per heavy atom. The summed E-state index contributed by atoms with van der Waals surface area (Å²) in [6.07, 6.45) is 2.30. The summed E-state index contributed by atoms with van der Waals surface area (Å²) in [6.45, 7) is 3.31. The molecular formula is C14H21N3O4. The molecule has 1 saturated heterocycles. The monoisotopic (exact) mass is 295 g/mol. The van der Waals surface area contributed by atoms with E-state index in [9.17, 15) is 9.59 Å². The third-order valence-corrected chi connectivity index (χ3v) is 3.52. The summed E-state index contributed by atoms with van der Waals surface area (Å²) in [5, 5.41) is 4.29. The van der Waals surface area contributed by atoms with E-state index in [0.29, 0.717) is 31.7 Å². The standard InChI is InChI=1S/C14H21N3O4/c1-4-12-11(9-16(2)15-12)14(19)17-5-6-21-10(8-17)7-13(18)20-3/h9-10H,4-8H2,1-3H3. The van der Waals surface area contributed by atoms with Gasteiger partial charge in [-0.2, -0.15) is 5.10 Å². The van der Waals surface area contributed by atoms with Crippen LogP contribution in [-0.4, -0.2) is 59.5 Å². The maximum absolute atomic E-state index is 12.6. The molecule has 1 unspecified atom stereocenters. The van der Waals surface area contributed by atoms with E-state index in [1.165, 1.54) is 7.11 Å². The molecule has 0 spiro atoms. The fourth-order valence-corrected chi connectivity index (χ4v) is 2.44. The van der Waals surface area contributed by atoms with Gasteiger partial charge in [-0.05, 0) is 6.42 Å². The quantitative estimate of drug-likeness (QED) is 0.751. The zero-order valence-electron chi connectivity index (χ0n) is 12.7. The Morgan fingerprint density at radius 1 is 1.52 bits per heavy atom. The van der Waals surface area contributed by atoms with E-state index in [-0.39, 0.29) is 24.4 Å². The van der Waals surface area contributed by atoms with Crippen LogP contribution in [0.4, 0.5) is 0 Å². The van der Waals surface area contributed by atoms with E-state index in [1.807, 2.05) is 6.92 Å². The number of nitrogens with zero attached hydrogens (tertiary/aromatic N) is 3. The van der Waals surface area contributed by atoms with Gasteiger partial charge in [-0.3, -0.25) is 14.3 Å². The molecule has 1 amide bonds. The zero-order valence-corrected chi connectivity index (χ0v) is 12.7. The molecule has 0 saturated carbocycles. The lowest BCUT2D eigenvalue weighted by molar-refractivity contribution is -0.145. The average molecular weight is 295 g/mol. The maximum atomic E-state index is 12.6. The zero-order chi connectivity index (χ0) is 15.4. The van der Waals surface area contributed by atoms with Gasteiger partial charge < -0.3 is 14.4 Å². The van der Waals surface area contributed by atoms with Crippen LogP contribution < -0.4 is 0 Å². The molecule has 1 fully saturated rings. The van der Waals surface area contributed by atoms with Crippen LogP contribution >= 0.6 is 0 Å². The van der Waals surface area contributed by atoms with Crippen molar-refractivity contribution < 1.29 is 19.1 Å². The van der Waals surface area contributed by atoms with Crippen molar-refractivity contribution in [1.29, 1.82) is 0 Å². The minimum atomic E-state index is -0.329. The van der Waals surface area contributed by atoms with Gasteiger partial charge in [0.1, 0.15) is 0 Å². The highest BCUT2D eigenvalue weighted by molar-refractivity contribution is 5.95. The van der Waals surface area contributed by atoms with Crippen LogP contribution in [0.15, 0.2) is 6.20 Å². The molecule has 1 aliphatic rings. The fraction of sp³-hybridized carbons (Fsp3) is 0.643. The first-order valence-electron chi connectivity index (χ1n) is 7.05. The topological polar surface area (TPSA) is 73.7 Å². The number of ether oxygens (including phenoxy) is 2. The molecule has 0 radical (unpaired) electrons. The summed E-state index contributed by atoms with van der Waals surface area (Å²) in [7, 11) is 3.15. The molecule has 21 heavy (non-hydrogen) atoms. The van der Waals surface area contributed by atoms with Crippen LogP contribution in [0.3, 0.4) is 0 Å². The van der Waals surface area contributed by atoms with Crippen LogP contribution in [0, 0.1) is 0 Å². The van der Waals surface area contributed by atoms with E-state index in [4.69, 9.17) is 4.74 Å². The minimum absolute atomic E-state index is 0.0573. The van der Waals surface area contributed by atoms with Crippen LogP contribution in [0.1, 0.15) is 29.4 Å². The molecular weight excluding hydrogens is 274 g/mol. The lowest BCUT2D eigenvalue weighted by atomic mass is 10.1. The Balaban J connectivity index is 2.06. The summed E-state index contributed by atoms with van der Waals surface area (Å²) in [4.78, 5) is 25.6. The number of methoxy groups -OCH3 is 1. The van der Waals surface area contributed by atoms with E-state index in [2.05, 4.69) is 9.84 Å². The second kappa shape index (κ2) is 6.71. The lowest BCUT2D eigenvalue weighted by Gasteiger charge is -2.32. The highest BCUT2D eigenvalue weighted by Crippen LogP contribution is 2.15. The largest absolute Gasteiger partial charge is 0.469 e. The number of carbonyl (C=O) groups is 2. The number of carbonyl (C=O) groups excluding carboxylic acids is 2. The number of aryl methyl sites for hydroxylation is 2. The summed E-state index contributed by atoms with van der Waals surface area (Å²) in [5.74, 6) is -0.386. The number of aromatic nitrogens is 2. The highest BCUT2D eigenvalue weighted by Gasteiger charge is 2.28. The fourth-order valence-electron chi connectivity index (χ4n) is 2.44. The lowest BCUT2D eigenvalue weighted by Crippen LogP contribution is -2.46. The van der Waals surface area contributed by atoms with E-state index >= 15 is 0 Å². The van der Waals surface area contributed by atoms with Crippen LogP contribution in [0.25, 0.3) is 0 Å². The van der Waals surface area contributed by atoms with E-state index < -0.39 is 0 Å². The van der Waals surface area contributed by atoms with Crippen molar-refractivity contribution in [3.05, 3.63) is 17.5 Å².